The number of aromatic hydroxyl groups is 2. The normalized spacial score (nSPS) is 19.9. The zero-order valence-corrected chi connectivity index (χ0v) is 32.7. The Hall–Kier alpha value is -5.78. The van der Waals surface area contributed by atoms with Gasteiger partial charge >= 0.3 is 11.9 Å². The Morgan fingerprint density at radius 2 is 0.930 bits per heavy atom. The molecule has 6 aromatic carbocycles. The number of carbonyl (C=O) groups is 2. The van der Waals surface area contributed by atoms with Crippen molar-refractivity contribution in [3.63, 3.8) is 0 Å². The molecular weight excluding hydrogens is 721 g/mol. The molecule has 0 unspecified atom stereocenters. The molecule has 2 aliphatic heterocycles. The molecule has 0 saturated carbocycles. The van der Waals surface area contributed by atoms with Gasteiger partial charge in [0.2, 0.25) is 0 Å². The predicted octanol–water partition coefficient (Wildman–Crippen LogP) is 8.55. The van der Waals surface area contributed by atoms with E-state index >= 15 is 0 Å². The van der Waals surface area contributed by atoms with Crippen LogP contribution >= 0.6 is 0 Å². The quantitative estimate of drug-likeness (QED) is 0.130. The van der Waals surface area contributed by atoms with Gasteiger partial charge in [-0.25, -0.2) is 9.59 Å². The number of likely N-dealkylation sites (N-methyl/N-ethyl adjacent to an activating group) is 2. The number of rotatable bonds is 6. The number of fused-ring (bicyclic) bond motifs is 2. The molecule has 0 aromatic heterocycles. The molecule has 2 aliphatic rings. The number of aromatic carboxylic acids is 2. The van der Waals surface area contributed by atoms with E-state index in [-0.39, 0.29) is 29.8 Å². The summed E-state index contributed by atoms with van der Waals surface area (Å²) in [5.74, 6) is -3.36. The van der Waals surface area contributed by atoms with Gasteiger partial charge in [0, 0.05) is 42.7 Å². The fourth-order valence-electron chi connectivity index (χ4n) is 7.51. The summed E-state index contributed by atoms with van der Waals surface area (Å²) in [5, 5.41) is 42.8. The minimum Gasteiger partial charge on any atom is -0.507 e. The molecule has 296 valence electrons. The zero-order valence-electron chi connectivity index (χ0n) is 32.7. The number of ether oxygens (including phenoxy) is 2. The van der Waals surface area contributed by atoms with E-state index in [1.54, 1.807) is 48.5 Å². The first-order chi connectivity index (χ1) is 27.5. The van der Waals surface area contributed by atoms with Gasteiger partial charge in [-0.05, 0) is 72.7 Å². The lowest BCUT2D eigenvalue weighted by Gasteiger charge is -2.37. The Morgan fingerprint density at radius 1 is 0.579 bits per heavy atom. The van der Waals surface area contributed by atoms with Gasteiger partial charge in [0.1, 0.15) is 22.6 Å². The van der Waals surface area contributed by atoms with E-state index < -0.39 is 23.4 Å². The third-order valence-electron chi connectivity index (χ3n) is 11.1. The van der Waals surface area contributed by atoms with Crippen molar-refractivity contribution in [3.05, 3.63) is 155 Å². The van der Waals surface area contributed by atoms with Crippen molar-refractivity contribution in [2.75, 3.05) is 40.4 Å². The second-order valence-corrected chi connectivity index (χ2v) is 14.6. The summed E-state index contributed by atoms with van der Waals surface area (Å²) in [6.07, 6.45) is 0.422. The van der Waals surface area contributed by atoms with Crippen molar-refractivity contribution in [3.8, 4) is 11.5 Å². The lowest BCUT2D eigenvalue weighted by molar-refractivity contribution is -0.0572. The van der Waals surface area contributed by atoms with Crippen LogP contribution in [0.4, 0.5) is 0 Å². The van der Waals surface area contributed by atoms with E-state index in [2.05, 4.69) is 86.3 Å². The van der Waals surface area contributed by atoms with Crippen LogP contribution in [0, 0.1) is 0 Å². The highest BCUT2D eigenvalue weighted by Crippen LogP contribution is 2.39. The standard InChI is InChI=1S/C23H16O6.2C12H17NO/c24-20-16(14-7-3-1-5-12(14)9-18(20)22(26)27)11-17-15-8-4-2-6-13(15)10-19(21(17)25)23(28)29;2*1-10-12(14-9-8-13(10)2)11-6-4-3-5-7-11/h1-10,24-25H,11H2,(H,26,27)(H,28,29);2*3-7,10,12H,8-9H2,1-2H3/t;2*10-,12+/m.00/s1. The summed E-state index contributed by atoms with van der Waals surface area (Å²) in [7, 11) is 4.31. The van der Waals surface area contributed by atoms with E-state index in [4.69, 9.17) is 9.47 Å². The Morgan fingerprint density at radius 3 is 1.30 bits per heavy atom. The number of hydrogen-bond donors (Lipinski definition) is 4. The Bertz CT molecular complexity index is 2150. The average molecular weight is 771 g/mol. The lowest BCUT2D eigenvalue weighted by atomic mass is 9.90. The third-order valence-corrected chi connectivity index (χ3v) is 11.1. The number of carboxylic acid groups (broad SMARTS) is 2. The van der Waals surface area contributed by atoms with Crippen molar-refractivity contribution in [1.29, 1.82) is 0 Å². The molecule has 2 saturated heterocycles. The maximum Gasteiger partial charge on any atom is 0.339 e. The molecular formula is C47H50N2O8. The van der Waals surface area contributed by atoms with E-state index in [1.807, 2.05) is 12.1 Å². The number of benzene rings is 6. The second kappa shape index (κ2) is 18.4. The van der Waals surface area contributed by atoms with Gasteiger partial charge in [-0.1, -0.05) is 109 Å². The van der Waals surface area contributed by atoms with Crippen LogP contribution in [0.25, 0.3) is 21.5 Å². The Balaban J connectivity index is 0.000000163. The van der Waals surface area contributed by atoms with Crippen LogP contribution < -0.4 is 0 Å². The zero-order chi connectivity index (χ0) is 40.6. The molecule has 0 radical (unpaired) electrons. The molecule has 0 aliphatic carbocycles. The van der Waals surface area contributed by atoms with E-state index in [1.165, 1.54) is 23.3 Å². The molecule has 10 heteroatoms. The first-order valence-corrected chi connectivity index (χ1v) is 19.1. The second-order valence-electron chi connectivity index (χ2n) is 14.6. The summed E-state index contributed by atoms with van der Waals surface area (Å²) in [6.45, 7) is 8.17. The first kappa shape index (κ1) is 40.9. The third kappa shape index (κ3) is 9.27. The van der Waals surface area contributed by atoms with Crippen LogP contribution in [0.1, 0.15) is 69.0 Å². The van der Waals surface area contributed by atoms with Crippen LogP contribution in [-0.2, 0) is 15.9 Å². The first-order valence-electron chi connectivity index (χ1n) is 19.1. The summed E-state index contributed by atoms with van der Waals surface area (Å²) in [5.41, 5.74) is 2.68. The maximum atomic E-state index is 11.6. The van der Waals surface area contributed by atoms with Crippen LogP contribution in [0.2, 0.25) is 0 Å². The highest BCUT2D eigenvalue weighted by Gasteiger charge is 2.28. The number of morpholine rings is 2. The van der Waals surface area contributed by atoms with Crippen LogP contribution in [-0.4, -0.2) is 94.6 Å². The van der Waals surface area contributed by atoms with Gasteiger partial charge < -0.3 is 29.9 Å². The van der Waals surface area contributed by atoms with Gasteiger partial charge in [0.05, 0.1) is 25.4 Å². The minimum atomic E-state index is -1.28. The molecule has 4 N–H and O–H groups in total. The van der Waals surface area contributed by atoms with Gasteiger partial charge in [0.15, 0.2) is 0 Å². The van der Waals surface area contributed by atoms with Crippen molar-refractivity contribution in [1.82, 2.24) is 9.80 Å². The lowest BCUT2D eigenvalue weighted by Crippen LogP contribution is -2.42. The van der Waals surface area contributed by atoms with Crippen molar-refractivity contribution in [2.24, 2.45) is 0 Å². The summed E-state index contributed by atoms with van der Waals surface area (Å²) < 4.78 is 11.6. The number of nitrogens with zero attached hydrogens (tertiary/aromatic N) is 2. The molecule has 57 heavy (non-hydrogen) atoms. The molecule has 0 bridgehead atoms. The fourth-order valence-corrected chi connectivity index (χ4v) is 7.51. The SMILES string of the molecule is C[C@H]1[C@H](c2ccccc2)OCCN1C.C[C@H]1[C@H](c2ccccc2)OCCN1C.O=C(O)c1cc2ccccc2c(Cc2c(O)c(C(=O)O)cc3ccccc23)c1O. The summed E-state index contributed by atoms with van der Waals surface area (Å²) in [4.78, 5) is 27.9. The Labute approximate surface area is 333 Å². The molecule has 8 rings (SSSR count). The predicted molar refractivity (Wildman–Crippen MR) is 222 cm³/mol. The van der Waals surface area contributed by atoms with Gasteiger partial charge in [-0.15, -0.1) is 0 Å². The van der Waals surface area contributed by atoms with Gasteiger partial charge in [0.25, 0.3) is 0 Å². The van der Waals surface area contributed by atoms with E-state index in [0.717, 1.165) is 26.3 Å². The van der Waals surface area contributed by atoms with Crippen LogP contribution in [0.3, 0.4) is 0 Å². The molecule has 0 amide bonds. The highest BCUT2D eigenvalue weighted by molar-refractivity contribution is 6.02. The highest BCUT2D eigenvalue weighted by atomic mass is 16.5. The van der Waals surface area contributed by atoms with Crippen molar-refractivity contribution in [2.45, 2.75) is 44.6 Å². The number of carboxylic acids is 2. The molecule has 6 aromatic rings. The largest absolute Gasteiger partial charge is 0.507 e. The fraction of sp³-hybridized carbons (Fsp3) is 0.277. The minimum absolute atomic E-state index is 0.0407. The molecule has 4 atom stereocenters. The molecule has 0 spiro atoms. The van der Waals surface area contributed by atoms with Gasteiger partial charge in [-0.2, -0.15) is 0 Å². The topological polar surface area (TPSA) is 140 Å². The van der Waals surface area contributed by atoms with Crippen LogP contribution in [0.5, 0.6) is 11.5 Å². The number of hydrogen-bond acceptors (Lipinski definition) is 8. The summed E-state index contributed by atoms with van der Waals surface area (Å²) >= 11 is 0. The molecule has 2 fully saturated rings. The smallest absolute Gasteiger partial charge is 0.339 e. The van der Waals surface area contributed by atoms with Crippen LogP contribution in [0.15, 0.2) is 121 Å². The van der Waals surface area contributed by atoms with Crippen molar-refractivity contribution < 1.29 is 39.5 Å². The number of phenols is 2. The van der Waals surface area contributed by atoms with Gasteiger partial charge in [-0.3, -0.25) is 9.80 Å². The Kier molecular flexibility index (Phi) is 13.2. The van der Waals surface area contributed by atoms with Crippen molar-refractivity contribution >= 4 is 33.5 Å². The molecule has 10 nitrogen and oxygen atoms in total. The van der Waals surface area contributed by atoms with E-state index in [0.29, 0.717) is 44.8 Å². The maximum absolute atomic E-state index is 11.6. The average Bonchev–Trinajstić information content (AvgIpc) is 3.22. The monoisotopic (exact) mass is 770 g/mol. The molecule has 2 heterocycles. The summed E-state index contributed by atoms with van der Waals surface area (Å²) in [6, 6.07) is 38.6. The van der Waals surface area contributed by atoms with E-state index in [9.17, 15) is 30.0 Å².